The zero-order valence-corrected chi connectivity index (χ0v) is 9.52. The van der Waals surface area contributed by atoms with Gasteiger partial charge in [-0.15, -0.1) is 0 Å². The van der Waals surface area contributed by atoms with Crippen molar-refractivity contribution in [2.24, 2.45) is 0 Å². The number of rotatable bonds is 2. The summed E-state index contributed by atoms with van der Waals surface area (Å²) in [6.45, 7) is 1.63. The molecule has 0 spiro atoms. The van der Waals surface area contributed by atoms with Gasteiger partial charge in [-0.3, -0.25) is 14.9 Å². The number of carbonyl (C=O) groups is 1. The summed E-state index contributed by atoms with van der Waals surface area (Å²) < 4.78 is 4.43. The summed E-state index contributed by atoms with van der Waals surface area (Å²) in [6.07, 6.45) is -0.0291. The van der Waals surface area contributed by atoms with Gasteiger partial charge in [0.05, 0.1) is 12.0 Å². The van der Waals surface area contributed by atoms with E-state index in [1.54, 1.807) is 19.1 Å². The van der Waals surface area contributed by atoms with Gasteiger partial charge in [0, 0.05) is 17.2 Å². The third-order valence-electron chi connectivity index (χ3n) is 2.19. The number of nitro groups is 1. The predicted molar refractivity (Wildman–Crippen MR) is 61.3 cm³/mol. The maximum atomic E-state index is 10.8. The Labute approximate surface area is 98.5 Å². The Morgan fingerprint density at radius 1 is 1.53 bits per heavy atom. The number of esters is 1. The van der Waals surface area contributed by atoms with E-state index in [9.17, 15) is 14.9 Å². The Morgan fingerprint density at radius 2 is 2.24 bits per heavy atom. The molecule has 1 aromatic carbocycles. The molecule has 1 aromatic rings. The van der Waals surface area contributed by atoms with Gasteiger partial charge in [0.2, 0.25) is 0 Å². The van der Waals surface area contributed by atoms with Crippen LogP contribution in [-0.4, -0.2) is 18.0 Å². The lowest BCUT2D eigenvalue weighted by Crippen LogP contribution is -1.97. The second-order valence-corrected chi connectivity index (χ2v) is 3.26. The number of methoxy groups -OCH3 is 1. The van der Waals surface area contributed by atoms with Gasteiger partial charge >= 0.3 is 5.97 Å². The number of benzene rings is 1. The number of carbonyl (C=O) groups excluding carboxylic acids is 1. The number of hydrogen-bond donors (Lipinski definition) is 0. The minimum Gasteiger partial charge on any atom is -0.468 e. The predicted octanol–water partition coefficient (Wildman–Crippen LogP) is 1.82. The standard InChI is InChI=1S/C12H11NO4/c1-9-10(6-4-8-12(14)17-2)5-3-7-11(9)13(15)16/h3,5,7H,8H2,1-2H3. The van der Waals surface area contributed by atoms with Crippen molar-refractivity contribution >= 4 is 11.7 Å². The summed E-state index contributed by atoms with van der Waals surface area (Å²) in [6, 6.07) is 4.65. The highest BCUT2D eigenvalue weighted by atomic mass is 16.6. The zero-order valence-electron chi connectivity index (χ0n) is 9.52. The van der Waals surface area contributed by atoms with Gasteiger partial charge in [0.15, 0.2) is 0 Å². The van der Waals surface area contributed by atoms with Crippen LogP contribution in [0.3, 0.4) is 0 Å². The molecule has 0 aliphatic carbocycles. The second kappa shape index (κ2) is 5.66. The Hall–Kier alpha value is -2.35. The van der Waals surface area contributed by atoms with Gasteiger partial charge in [-0.25, -0.2) is 0 Å². The van der Waals surface area contributed by atoms with Crippen LogP contribution in [0.4, 0.5) is 5.69 Å². The number of nitrogens with zero attached hydrogens (tertiary/aromatic N) is 1. The molecule has 0 amide bonds. The maximum Gasteiger partial charge on any atom is 0.317 e. The molecule has 0 aromatic heterocycles. The molecule has 0 radical (unpaired) electrons. The molecule has 5 nitrogen and oxygen atoms in total. The van der Waals surface area contributed by atoms with E-state index in [1.807, 2.05) is 0 Å². The number of ether oxygens (including phenoxy) is 1. The highest BCUT2D eigenvalue weighted by molar-refractivity contribution is 5.72. The van der Waals surface area contributed by atoms with E-state index in [1.165, 1.54) is 13.2 Å². The largest absolute Gasteiger partial charge is 0.468 e. The highest BCUT2D eigenvalue weighted by Gasteiger charge is 2.11. The van der Waals surface area contributed by atoms with Crippen LogP contribution in [0.2, 0.25) is 0 Å². The Morgan fingerprint density at radius 3 is 2.82 bits per heavy atom. The van der Waals surface area contributed by atoms with E-state index in [0.717, 1.165) is 0 Å². The lowest BCUT2D eigenvalue weighted by atomic mass is 10.1. The van der Waals surface area contributed by atoms with Crippen LogP contribution in [0.25, 0.3) is 0 Å². The van der Waals surface area contributed by atoms with E-state index in [4.69, 9.17) is 0 Å². The van der Waals surface area contributed by atoms with E-state index >= 15 is 0 Å². The maximum absolute atomic E-state index is 10.8. The molecule has 0 fully saturated rings. The lowest BCUT2D eigenvalue weighted by Gasteiger charge is -1.98. The first-order valence-electron chi connectivity index (χ1n) is 4.86. The van der Waals surface area contributed by atoms with Gasteiger partial charge in [-0.2, -0.15) is 0 Å². The normalized spacial score (nSPS) is 9.06. The topological polar surface area (TPSA) is 69.4 Å². The Bertz CT molecular complexity index is 511. The highest BCUT2D eigenvalue weighted by Crippen LogP contribution is 2.20. The van der Waals surface area contributed by atoms with Gasteiger partial charge in [0.1, 0.15) is 6.42 Å². The summed E-state index contributed by atoms with van der Waals surface area (Å²) in [4.78, 5) is 21.1. The molecular weight excluding hydrogens is 222 g/mol. The van der Waals surface area contributed by atoms with Crippen LogP contribution >= 0.6 is 0 Å². The molecular formula is C12H11NO4. The first kappa shape index (κ1) is 12.7. The number of nitro benzene ring substituents is 1. The summed E-state index contributed by atoms with van der Waals surface area (Å²) in [5, 5.41) is 10.7. The van der Waals surface area contributed by atoms with Crippen molar-refractivity contribution in [3.05, 3.63) is 39.4 Å². The average Bonchev–Trinajstić information content (AvgIpc) is 2.30. The summed E-state index contributed by atoms with van der Waals surface area (Å²) >= 11 is 0. The molecule has 0 aliphatic rings. The zero-order chi connectivity index (χ0) is 12.8. The molecule has 88 valence electrons. The van der Waals surface area contributed by atoms with E-state index in [0.29, 0.717) is 11.1 Å². The fourth-order valence-corrected chi connectivity index (χ4v) is 1.24. The Balaban J connectivity index is 2.96. The fraction of sp³-hybridized carbons (Fsp3) is 0.250. The number of hydrogen-bond acceptors (Lipinski definition) is 4. The van der Waals surface area contributed by atoms with Gasteiger partial charge in [-0.05, 0) is 13.0 Å². The van der Waals surface area contributed by atoms with Gasteiger partial charge in [-0.1, -0.05) is 17.9 Å². The van der Waals surface area contributed by atoms with Crippen molar-refractivity contribution in [1.82, 2.24) is 0 Å². The van der Waals surface area contributed by atoms with Crippen LogP contribution in [0.5, 0.6) is 0 Å². The molecule has 0 saturated heterocycles. The van der Waals surface area contributed by atoms with Crippen LogP contribution in [-0.2, 0) is 9.53 Å². The fourth-order valence-electron chi connectivity index (χ4n) is 1.24. The molecule has 0 unspecified atom stereocenters. The van der Waals surface area contributed by atoms with Crippen molar-refractivity contribution < 1.29 is 14.5 Å². The molecule has 0 aliphatic heterocycles. The van der Waals surface area contributed by atoms with E-state index in [2.05, 4.69) is 16.6 Å². The smallest absolute Gasteiger partial charge is 0.317 e. The molecule has 17 heavy (non-hydrogen) atoms. The van der Waals surface area contributed by atoms with Crippen LogP contribution in [0.1, 0.15) is 17.5 Å². The first-order valence-corrected chi connectivity index (χ1v) is 4.86. The van der Waals surface area contributed by atoms with E-state index in [-0.39, 0.29) is 12.1 Å². The minimum atomic E-state index is -0.458. The molecule has 0 atom stereocenters. The van der Waals surface area contributed by atoms with Crippen molar-refractivity contribution in [2.75, 3.05) is 7.11 Å². The van der Waals surface area contributed by atoms with Crippen molar-refractivity contribution in [2.45, 2.75) is 13.3 Å². The molecule has 0 saturated carbocycles. The molecule has 0 bridgehead atoms. The quantitative estimate of drug-likeness (QED) is 0.338. The molecule has 0 heterocycles. The first-order chi connectivity index (χ1) is 8.06. The van der Waals surface area contributed by atoms with Crippen molar-refractivity contribution in [3.8, 4) is 11.8 Å². The molecule has 1 rings (SSSR count). The second-order valence-electron chi connectivity index (χ2n) is 3.26. The summed E-state index contributed by atoms with van der Waals surface area (Å²) in [5.74, 6) is 4.90. The summed E-state index contributed by atoms with van der Waals surface area (Å²) in [7, 11) is 1.28. The van der Waals surface area contributed by atoms with Gasteiger partial charge in [0.25, 0.3) is 5.69 Å². The monoisotopic (exact) mass is 233 g/mol. The van der Waals surface area contributed by atoms with Crippen LogP contribution in [0.15, 0.2) is 18.2 Å². The minimum absolute atomic E-state index is 0.0230. The molecule has 0 N–H and O–H groups in total. The van der Waals surface area contributed by atoms with E-state index < -0.39 is 10.9 Å². The van der Waals surface area contributed by atoms with Crippen LogP contribution in [0, 0.1) is 28.9 Å². The third kappa shape index (κ3) is 3.31. The van der Waals surface area contributed by atoms with Gasteiger partial charge < -0.3 is 4.74 Å². The lowest BCUT2D eigenvalue weighted by molar-refractivity contribution is -0.385. The summed E-state index contributed by atoms with van der Waals surface area (Å²) in [5.41, 5.74) is 1.06. The third-order valence-corrected chi connectivity index (χ3v) is 2.19. The Kier molecular flexibility index (Phi) is 4.23. The van der Waals surface area contributed by atoms with Crippen LogP contribution < -0.4 is 0 Å². The molecule has 5 heteroatoms. The SMILES string of the molecule is COC(=O)CC#Cc1cccc([N+](=O)[O-])c1C. The average molecular weight is 233 g/mol. The van der Waals surface area contributed by atoms with Crippen molar-refractivity contribution in [1.29, 1.82) is 0 Å². The van der Waals surface area contributed by atoms with Crippen molar-refractivity contribution in [3.63, 3.8) is 0 Å².